The summed E-state index contributed by atoms with van der Waals surface area (Å²) in [5.74, 6) is 1.98. The maximum atomic E-state index is 13.2. The van der Waals surface area contributed by atoms with Crippen LogP contribution >= 0.6 is 0 Å². The molecular formula is C39H58O9. The molecule has 4 fully saturated rings. The predicted octanol–water partition coefficient (Wildman–Crippen LogP) is 7.39. The molecule has 0 radical (unpaired) electrons. The van der Waals surface area contributed by atoms with Gasteiger partial charge in [-0.3, -0.25) is 19.2 Å². The Morgan fingerprint density at radius 1 is 0.792 bits per heavy atom. The number of benzene rings is 1. The van der Waals surface area contributed by atoms with E-state index in [-0.39, 0.29) is 38.6 Å². The van der Waals surface area contributed by atoms with Crippen molar-refractivity contribution in [3.05, 3.63) is 35.9 Å². The fourth-order valence-corrected chi connectivity index (χ4v) is 9.22. The van der Waals surface area contributed by atoms with Gasteiger partial charge in [-0.15, -0.1) is 0 Å². The van der Waals surface area contributed by atoms with E-state index < -0.39 is 45.5 Å². The lowest BCUT2D eigenvalue weighted by molar-refractivity contribution is -0.169. The Hall–Kier alpha value is -2.94. The van der Waals surface area contributed by atoms with Crippen LogP contribution in [0, 0.1) is 45.3 Å². The van der Waals surface area contributed by atoms with Crippen LogP contribution in [0.5, 0.6) is 0 Å². The maximum Gasteiger partial charge on any atom is 0.312 e. The summed E-state index contributed by atoms with van der Waals surface area (Å²) in [7, 11) is 1.23. The van der Waals surface area contributed by atoms with Crippen molar-refractivity contribution >= 4 is 23.9 Å². The highest BCUT2D eigenvalue weighted by molar-refractivity contribution is 5.83. The number of ether oxygens (including phenoxy) is 4. The fourth-order valence-electron chi connectivity index (χ4n) is 9.22. The third-order valence-electron chi connectivity index (χ3n) is 11.8. The van der Waals surface area contributed by atoms with Crippen molar-refractivity contribution in [2.45, 2.75) is 118 Å². The quantitative estimate of drug-likeness (QED) is 0.115. The highest BCUT2D eigenvalue weighted by Gasteiger charge is 2.53. The van der Waals surface area contributed by atoms with Crippen LogP contribution in [0.2, 0.25) is 0 Å². The van der Waals surface area contributed by atoms with Gasteiger partial charge in [-0.25, -0.2) is 0 Å². The van der Waals surface area contributed by atoms with E-state index in [0.29, 0.717) is 13.0 Å². The fraction of sp³-hybridized carbons (Fsp3) is 0.744. The lowest BCUT2D eigenvalue weighted by atomic mass is 9.61. The van der Waals surface area contributed by atoms with Crippen molar-refractivity contribution in [1.82, 2.24) is 0 Å². The van der Waals surface area contributed by atoms with Gasteiger partial charge in [-0.1, -0.05) is 43.7 Å². The van der Waals surface area contributed by atoms with Gasteiger partial charge in [0.25, 0.3) is 0 Å². The number of fused-ring (bicyclic) bond motifs is 5. The van der Waals surface area contributed by atoms with E-state index in [1.54, 1.807) is 66.2 Å². The first kappa shape index (κ1) is 37.9. The molecule has 0 amide bonds. The molecular weight excluding hydrogens is 612 g/mol. The van der Waals surface area contributed by atoms with Crippen molar-refractivity contribution in [3.8, 4) is 0 Å². The molecule has 1 heterocycles. The smallest absolute Gasteiger partial charge is 0.312 e. The first-order valence-corrected chi connectivity index (χ1v) is 17.9. The van der Waals surface area contributed by atoms with Crippen molar-refractivity contribution in [2.24, 2.45) is 45.3 Å². The monoisotopic (exact) mass is 670 g/mol. The zero-order valence-electron chi connectivity index (χ0n) is 30.2. The molecule has 3 aliphatic carbocycles. The van der Waals surface area contributed by atoms with Crippen molar-refractivity contribution < 1.29 is 43.2 Å². The standard InChI is InChI=1S/C29H42O9.C10H16/c1-8-27(4,25(34)37-14-20-12-10-9-11-13-20)18-29(6,24(33)35-7)19-28(5,22(30)31)17-26(2,3)23(32)38-16-21-15-36-21;1-2-9-7-4-5-8(6-7)10(9)3-1/h9-13,21H,8,14-19H2,1-7H3,(H,30,31);7-10H,1-6H2/t;7?,8?,9-,10+. The summed E-state index contributed by atoms with van der Waals surface area (Å²) in [5.41, 5.74) is -4.28. The minimum absolute atomic E-state index is 0.00353. The van der Waals surface area contributed by atoms with Gasteiger partial charge in [0.2, 0.25) is 0 Å². The van der Waals surface area contributed by atoms with Crippen molar-refractivity contribution in [2.75, 3.05) is 20.3 Å². The largest absolute Gasteiger partial charge is 0.481 e. The summed E-state index contributed by atoms with van der Waals surface area (Å²) in [6.45, 7) is 10.6. The van der Waals surface area contributed by atoms with E-state index in [0.717, 1.165) is 5.56 Å². The van der Waals surface area contributed by atoms with E-state index in [2.05, 4.69) is 0 Å². The molecule has 268 valence electrons. The number of aliphatic carboxylic acids is 1. The van der Waals surface area contributed by atoms with Gasteiger partial charge >= 0.3 is 23.9 Å². The maximum absolute atomic E-state index is 13.2. The molecule has 1 aliphatic heterocycles. The number of methoxy groups -OCH3 is 1. The zero-order valence-corrected chi connectivity index (χ0v) is 30.2. The normalized spacial score (nSPS) is 27.6. The average molecular weight is 671 g/mol. The van der Waals surface area contributed by atoms with Crippen LogP contribution in [0.3, 0.4) is 0 Å². The number of rotatable bonds is 15. The summed E-state index contributed by atoms with van der Waals surface area (Å²) < 4.78 is 21.1. The number of carboxylic acids is 1. The second-order valence-corrected chi connectivity index (χ2v) is 16.5. The van der Waals surface area contributed by atoms with Crippen LogP contribution in [-0.2, 0) is 44.7 Å². The Labute approximate surface area is 286 Å². The van der Waals surface area contributed by atoms with E-state index in [9.17, 15) is 24.3 Å². The van der Waals surface area contributed by atoms with Crippen LogP contribution in [0.25, 0.3) is 0 Å². The minimum Gasteiger partial charge on any atom is -0.481 e. The van der Waals surface area contributed by atoms with Crippen molar-refractivity contribution in [3.63, 3.8) is 0 Å². The van der Waals surface area contributed by atoms with Crippen LogP contribution in [0.4, 0.5) is 0 Å². The molecule has 2 bridgehead atoms. The van der Waals surface area contributed by atoms with Gasteiger partial charge in [0.15, 0.2) is 0 Å². The first-order valence-electron chi connectivity index (χ1n) is 17.9. The molecule has 9 nitrogen and oxygen atoms in total. The molecule has 1 aromatic carbocycles. The molecule has 1 saturated heterocycles. The van der Waals surface area contributed by atoms with Gasteiger partial charge in [0.1, 0.15) is 19.3 Å². The van der Waals surface area contributed by atoms with E-state index in [1.807, 2.05) is 37.3 Å². The van der Waals surface area contributed by atoms with Crippen LogP contribution in [0.15, 0.2) is 30.3 Å². The molecule has 4 aliphatic rings. The summed E-state index contributed by atoms with van der Waals surface area (Å²) >= 11 is 0. The zero-order chi connectivity index (χ0) is 35.3. The third-order valence-corrected chi connectivity index (χ3v) is 11.8. The van der Waals surface area contributed by atoms with Gasteiger partial charge in [-0.05, 0) is 122 Å². The number of carbonyl (C=O) groups excluding carboxylic acids is 3. The summed E-state index contributed by atoms with van der Waals surface area (Å²) in [6.07, 6.45) is 9.53. The lowest BCUT2D eigenvalue weighted by Crippen LogP contribution is -2.46. The molecule has 6 unspecified atom stereocenters. The highest BCUT2D eigenvalue weighted by atomic mass is 16.6. The molecule has 3 saturated carbocycles. The predicted molar refractivity (Wildman–Crippen MR) is 180 cm³/mol. The molecule has 1 aromatic rings. The Morgan fingerprint density at radius 3 is 1.90 bits per heavy atom. The van der Waals surface area contributed by atoms with E-state index in [4.69, 9.17) is 18.9 Å². The van der Waals surface area contributed by atoms with E-state index in [1.165, 1.54) is 37.7 Å². The topological polar surface area (TPSA) is 129 Å². The molecule has 9 heteroatoms. The summed E-state index contributed by atoms with van der Waals surface area (Å²) in [6, 6.07) is 9.25. The van der Waals surface area contributed by atoms with Gasteiger partial charge in [-0.2, -0.15) is 0 Å². The number of hydrogen-bond donors (Lipinski definition) is 1. The summed E-state index contributed by atoms with van der Waals surface area (Å²) in [5, 5.41) is 10.3. The second kappa shape index (κ2) is 15.3. The molecule has 1 N–H and O–H groups in total. The molecule has 5 rings (SSSR count). The SMILES string of the molecule is C1C[C@@H]2C3CCC(C3)[C@@H]2C1.CCC(C)(CC(C)(CC(C)(CC(C)(C)C(=O)OCC1CO1)C(=O)O)C(=O)OC)C(=O)OCc1ccccc1. The number of carboxylic acid groups (broad SMARTS) is 1. The number of epoxide rings is 1. The van der Waals surface area contributed by atoms with Crippen LogP contribution in [-0.4, -0.2) is 55.4 Å². The number of hydrogen-bond acceptors (Lipinski definition) is 8. The first-order chi connectivity index (χ1) is 22.6. The molecule has 8 atom stereocenters. The Kier molecular flexibility index (Phi) is 12.1. The third kappa shape index (κ3) is 8.99. The molecule has 0 aromatic heterocycles. The summed E-state index contributed by atoms with van der Waals surface area (Å²) in [4.78, 5) is 51.8. The van der Waals surface area contributed by atoms with Crippen molar-refractivity contribution in [1.29, 1.82) is 0 Å². The number of esters is 3. The molecule has 48 heavy (non-hydrogen) atoms. The van der Waals surface area contributed by atoms with Gasteiger partial charge in [0, 0.05) is 0 Å². The second-order valence-electron chi connectivity index (χ2n) is 16.5. The van der Waals surface area contributed by atoms with Gasteiger partial charge < -0.3 is 24.1 Å². The minimum atomic E-state index is -1.51. The average Bonchev–Trinajstić information content (AvgIpc) is 3.39. The molecule has 0 spiro atoms. The highest BCUT2D eigenvalue weighted by Crippen LogP contribution is 2.58. The Balaban J connectivity index is 0.000000430. The van der Waals surface area contributed by atoms with Crippen LogP contribution < -0.4 is 0 Å². The van der Waals surface area contributed by atoms with Gasteiger partial charge in [0.05, 0.1) is 35.4 Å². The van der Waals surface area contributed by atoms with Crippen LogP contribution in [0.1, 0.15) is 111 Å². The number of carbonyl (C=O) groups is 4. The Morgan fingerprint density at radius 2 is 1.38 bits per heavy atom. The Bertz CT molecular complexity index is 1270. The lowest BCUT2D eigenvalue weighted by Gasteiger charge is -2.41. The van der Waals surface area contributed by atoms with E-state index >= 15 is 0 Å².